The van der Waals surface area contributed by atoms with Crippen LogP contribution >= 0.6 is 0 Å². The second-order valence-electron chi connectivity index (χ2n) is 5.88. The van der Waals surface area contributed by atoms with Gasteiger partial charge in [-0.15, -0.1) is 0 Å². The molecular formula is C21H16N2O2. The van der Waals surface area contributed by atoms with Crippen molar-refractivity contribution in [2.45, 2.75) is 0 Å². The first-order chi connectivity index (χ1) is 12.2. The lowest BCUT2D eigenvalue weighted by Gasteiger charge is -2.26. The number of anilines is 3. The molecule has 3 aromatic rings. The highest BCUT2D eigenvalue weighted by Gasteiger charge is 2.36. The largest absolute Gasteiger partial charge is 0.310 e. The molecule has 0 aliphatic carbocycles. The van der Waals surface area contributed by atoms with E-state index in [0.717, 1.165) is 11.4 Å². The Morgan fingerprint density at radius 1 is 0.680 bits per heavy atom. The van der Waals surface area contributed by atoms with Crippen molar-refractivity contribution in [2.24, 2.45) is 0 Å². The number of carbonyl (C=O) groups is 2. The van der Waals surface area contributed by atoms with Gasteiger partial charge in [0.1, 0.15) is 0 Å². The SMILES string of the molecule is CN1C(=O)c2cccc(N(c3ccccc3)c3ccccc3)c2C1=O. The Morgan fingerprint density at radius 2 is 1.24 bits per heavy atom. The number of imide groups is 1. The molecule has 0 aromatic heterocycles. The Bertz CT molecular complexity index is 913. The van der Waals surface area contributed by atoms with Crippen molar-refractivity contribution in [3.63, 3.8) is 0 Å². The molecule has 0 fully saturated rings. The standard InChI is InChI=1S/C21H16N2O2/c1-22-20(24)17-13-8-14-18(19(17)21(22)25)23(15-9-4-2-5-10-15)16-11-6-3-7-12-16/h2-14H,1H3. The summed E-state index contributed by atoms with van der Waals surface area (Å²) in [6, 6.07) is 25.0. The van der Waals surface area contributed by atoms with E-state index >= 15 is 0 Å². The van der Waals surface area contributed by atoms with Crippen LogP contribution < -0.4 is 4.90 Å². The fraction of sp³-hybridized carbons (Fsp3) is 0.0476. The maximum Gasteiger partial charge on any atom is 0.263 e. The second-order valence-corrected chi connectivity index (χ2v) is 5.88. The van der Waals surface area contributed by atoms with Gasteiger partial charge >= 0.3 is 0 Å². The molecule has 0 unspecified atom stereocenters. The number of nitrogens with zero attached hydrogens (tertiary/aromatic N) is 2. The van der Waals surface area contributed by atoms with E-state index in [0.29, 0.717) is 16.8 Å². The molecule has 0 atom stereocenters. The summed E-state index contributed by atoms with van der Waals surface area (Å²) in [5.41, 5.74) is 3.45. The molecule has 0 radical (unpaired) electrons. The first-order valence-electron chi connectivity index (χ1n) is 8.04. The average Bonchev–Trinajstić information content (AvgIpc) is 2.89. The van der Waals surface area contributed by atoms with Crippen LogP contribution in [0.2, 0.25) is 0 Å². The van der Waals surface area contributed by atoms with Crippen molar-refractivity contribution in [1.29, 1.82) is 0 Å². The lowest BCUT2D eigenvalue weighted by Crippen LogP contribution is -2.24. The molecule has 0 saturated carbocycles. The van der Waals surface area contributed by atoms with Crippen molar-refractivity contribution in [3.8, 4) is 0 Å². The smallest absolute Gasteiger partial charge is 0.263 e. The number of benzene rings is 3. The van der Waals surface area contributed by atoms with Crippen LogP contribution in [0.15, 0.2) is 78.9 Å². The minimum atomic E-state index is -0.271. The molecule has 3 aromatic carbocycles. The Hall–Kier alpha value is -3.40. The van der Waals surface area contributed by atoms with Crippen LogP contribution in [0.5, 0.6) is 0 Å². The van der Waals surface area contributed by atoms with Crippen molar-refractivity contribution >= 4 is 28.9 Å². The summed E-state index contributed by atoms with van der Waals surface area (Å²) in [5.74, 6) is -0.532. The molecule has 122 valence electrons. The molecule has 0 N–H and O–H groups in total. The maximum absolute atomic E-state index is 12.7. The molecule has 4 rings (SSSR count). The van der Waals surface area contributed by atoms with Gasteiger partial charge in [0.2, 0.25) is 0 Å². The van der Waals surface area contributed by atoms with Gasteiger partial charge in [-0.05, 0) is 36.4 Å². The van der Waals surface area contributed by atoms with Crippen LogP contribution in [0.3, 0.4) is 0 Å². The quantitative estimate of drug-likeness (QED) is 0.670. The van der Waals surface area contributed by atoms with Gasteiger partial charge in [-0.2, -0.15) is 0 Å². The molecule has 2 amide bonds. The van der Waals surface area contributed by atoms with E-state index in [1.165, 1.54) is 11.9 Å². The number of amides is 2. The molecule has 4 heteroatoms. The number of hydrogen-bond acceptors (Lipinski definition) is 3. The maximum atomic E-state index is 12.7. The molecule has 4 nitrogen and oxygen atoms in total. The van der Waals surface area contributed by atoms with Crippen molar-refractivity contribution in [2.75, 3.05) is 11.9 Å². The predicted molar refractivity (Wildman–Crippen MR) is 97.5 cm³/mol. The van der Waals surface area contributed by atoms with Crippen LogP contribution in [0, 0.1) is 0 Å². The van der Waals surface area contributed by atoms with Crippen molar-refractivity contribution in [1.82, 2.24) is 4.90 Å². The zero-order valence-electron chi connectivity index (χ0n) is 13.7. The van der Waals surface area contributed by atoms with Gasteiger partial charge in [-0.25, -0.2) is 0 Å². The van der Waals surface area contributed by atoms with Gasteiger partial charge in [0, 0.05) is 18.4 Å². The third kappa shape index (κ3) is 2.39. The van der Waals surface area contributed by atoms with Crippen molar-refractivity contribution < 1.29 is 9.59 Å². The number of hydrogen-bond donors (Lipinski definition) is 0. The normalized spacial score (nSPS) is 13.1. The van der Waals surface area contributed by atoms with E-state index in [9.17, 15) is 9.59 Å². The van der Waals surface area contributed by atoms with Crippen LogP contribution in [0.1, 0.15) is 20.7 Å². The lowest BCUT2D eigenvalue weighted by molar-refractivity contribution is 0.0693. The first kappa shape index (κ1) is 15.1. The lowest BCUT2D eigenvalue weighted by atomic mass is 10.0. The summed E-state index contributed by atoms with van der Waals surface area (Å²) >= 11 is 0. The van der Waals surface area contributed by atoms with E-state index in [4.69, 9.17) is 0 Å². The Kier molecular flexibility index (Phi) is 3.58. The van der Waals surface area contributed by atoms with Gasteiger partial charge in [0.15, 0.2) is 0 Å². The highest BCUT2D eigenvalue weighted by Crippen LogP contribution is 2.39. The summed E-state index contributed by atoms with van der Waals surface area (Å²) in [6.45, 7) is 0. The fourth-order valence-corrected chi connectivity index (χ4v) is 3.15. The van der Waals surface area contributed by atoms with Crippen LogP contribution in [0.4, 0.5) is 17.1 Å². The summed E-state index contributed by atoms with van der Waals surface area (Å²) < 4.78 is 0. The molecule has 0 spiro atoms. The van der Waals surface area contributed by atoms with Gasteiger partial charge in [-0.3, -0.25) is 14.5 Å². The zero-order chi connectivity index (χ0) is 17.4. The van der Waals surface area contributed by atoms with E-state index in [1.54, 1.807) is 6.07 Å². The topological polar surface area (TPSA) is 40.6 Å². The van der Waals surface area contributed by atoms with E-state index in [-0.39, 0.29) is 11.8 Å². The summed E-state index contributed by atoms with van der Waals surface area (Å²) in [6.07, 6.45) is 0. The highest BCUT2D eigenvalue weighted by molar-refractivity contribution is 6.24. The molecule has 1 aliphatic heterocycles. The number of rotatable bonds is 3. The van der Waals surface area contributed by atoms with E-state index < -0.39 is 0 Å². The number of fused-ring (bicyclic) bond motifs is 1. The molecule has 25 heavy (non-hydrogen) atoms. The van der Waals surface area contributed by atoms with Gasteiger partial charge in [0.25, 0.3) is 11.8 Å². The summed E-state index contributed by atoms with van der Waals surface area (Å²) in [5, 5.41) is 0. The fourth-order valence-electron chi connectivity index (χ4n) is 3.15. The first-order valence-corrected chi connectivity index (χ1v) is 8.04. The van der Waals surface area contributed by atoms with E-state index in [2.05, 4.69) is 0 Å². The Labute approximate surface area is 145 Å². The predicted octanol–water partition coefficient (Wildman–Crippen LogP) is 4.38. The molecule has 1 aliphatic rings. The van der Waals surface area contributed by atoms with Crippen LogP contribution in [0.25, 0.3) is 0 Å². The highest BCUT2D eigenvalue weighted by atomic mass is 16.2. The number of carbonyl (C=O) groups excluding carboxylic acids is 2. The zero-order valence-corrected chi connectivity index (χ0v) is 13.7. The minimum absolute atomic E-state index is 0.261. The third-order valence-corrected chi connectivity index (χ3v) is 4.37. The molecule has 0 saturated heterocycles. The van der Waals surface area contributed by atoms with Gasteiger partial charge in [0.05, 0.1) is 16.8 Å². The molecule has 0 bridgehead atoms. The number of para-hydroxylation sites is 2. The Balaban J connectivity index is 1.97. The van der Waals surface area contributed by atoms with Gasteiger partial charge < -0.3 is 4.90 Å². The summed E-state index contributed by atoms with van der Waals surface area (Å²) in [4.78, 5) is 28.2. The monoisotopic (exact) mass is 328 g/mol. The van der Waals surface area contributed by atoms with Crippen LogP contribution in [-0.4, -0.2) is 23.8 Å². The second kappa shape index (κ2) is 5.91. The molecule has 1 heterocycles. The van der Waals surface area contributed by atoms with E-state index in [1.807, 2.05) is 77.7 Å². The average molecular weight is 328 g/mol. The molecular weight excluding hydrogens is 312 g/mol. The summed E-state index contributed by atoms with van der Waals surface area (Å²) in [7, 11) is 1.52. The Morgan fingerprint density at radius 3 is 1.80 bits per heavy atom. The van der Waals surface area contributed by atoms with Crippen LogP contribution in [-0.2, 0) is 0 Å². The third-order valence-electron chi connectivity index (χ3n) is 4.37. The van der Waals surface area contributed by atoms with Crippen molar-refractivity contribution in [3.05, 3.63) is 90.0 Å². The van der Waals surface area contributed by atoms with Gasteiger partial charge in [-0.1, -0.05) is 42.5 Å². The minimum Gasteiger partial charge on any atom is -0.310 e.